The van der Waals surface area contributed by atoms with Gasteiger partial charge >= 0.3 is 5.97 Å². The fourth-order valence-corrected chi connectivity index (χ4v) is 4.63. The van der Waals surface area contributed by atoms with Gasteiger partial charge in [-0.05, 0) is 69.7 Å². The van der Waals surface area contributed by atoms with E-state index in [0.29, 0.717) is 11.6 Å². The summed E-state index contributed by atoms with van der Waals surface area (Å²) in [6.07, 6.45) is 3.84. The molecule has 0 radical (unpaired) electrons. The van der Waals surface area contributed by atoms with Crippen molar-refractivity contribution in [2.45, 2.75) is 64.6 Å². The minimum atomic E-state index is -1.33. The molecule has 1 aromatic heterocycles. The van der Waals surface area contributed by atoms with Gasteiger partial charge < -0.3 is 10.1 Å². The Balaban J connectivity index is 1.71. The summed E-state index contributed by atoms with van der Waals surface area (Å²) >= 11 is 0. The van der Waals surface area contributed by atoms with Crippen LogP contribution < -0.4 is 10.2 Å². The Bertz CT molecular complexity index is 1060. The molecule has 1 N–H and O–H groups in total. The van der Waals surface area contributed by atoms with E-state index in [1.165, 1.54) is 39.9 Å². The molecule has 2 aliphatic rings. The highest BCUT2D eigenvalue weighted by molar-refractivity contribution is 6.12. The molecule has 1 aromatic carbocycles. The lowest BCUT2D eigenvalue weighted by atomic mass is 9.86. The van der Waals surface area contributed by atoms with Gasteiger partial charge in [-0.25, -0.2) is 9.18 Å². The molecule has 2 aromatic rings. The number of nitrogens with zero attached hydrogens (tertiary/aromatic N) is 3. The summed E-state index contributed by atoms with van der Waals surface area (Å²) < 4.78 is 20.0. The fraction of sp³-hybridized carbons (Fsp3) is 0.500. The number of anilines is 1. The van der Waals surface area contributed by atoms with Gasteiger partial charge in [0.15, 0.2) is 5.69 Å². The maximum Gasteiger partial charge on any atom is 0.358 e. The first-order valence-corrected chi connectivity index (χ1v) is 11.4. The first kappa shape index (κ1) is 22.9. The minimum Gasteiger partial charge on any atom is -0.461 e. The average molecular weight is 457 g/mol. The van der Waals surface area contributed by atoms with E-state index in [9.17, 15) is 18.8 Å². The third kappa shape index (κ3) is 4.36. The van der Waals surface area contributed by atoms with E-state index in [0.717, 1.165) is 25.7 Å². The SMILES string of the molecule is CCOC(=O)c1cc2n(n1)C[C@](C)(C(=O)NC1CCC(C)CC1)N(c1ccc(F)cc1)C2=O. The largest absolute Gasteiger partial charge is 0.461 e. The zero-order valence-corrected chi connectivity index (χ0v) is 19.1. The Morgan fingerprint density at radius 2 is 1.88 bits per heavy atom. The van der Waals surface area contributed by atoms with Crippen molar-refractivity contribution in [2.75, 3.05) is 11.5 Å². The number of nitrogens with one attached hydrogen (secondary N) is 1. The highest BCUT2D eigenvalue weighted by Crippen LogP contribution is 2.34. The first-order chi connectivity index (χ1) is 15.7. The van der Waals surface area contributed by atoms with Crippen molar-refractivity contribution in [1.29, 1.82) is 0 Å². The normalized spacial score (nSPS) is 24.8. The van der Waals surface area contributed by atoms with Crippen LogP contribution in [0.2, 0.25) is 0 Å². The zero-order chi connectivity index (χ0) is 23.8. The van der Waals surface area contributed by atoms with E-state index in [1.54, 1.807) is 13.8 Å². The van der Waals surface area contributed by atoms with Gasteiger partial charge in [-0.3, -0.25) is 19.2 Å². The quantitative estimate of drug-likeness (QED) is 0.697. The molecule has 0 spiro atoms. The zero-order valence-electron chi connectivity index (χ0n) is 19.1. The van der Waals surface area contributed by atoms with E-state index in [1.807, 2.05) is 0 Å². The van der Waals surface area contributed by atoms with Gasteiger partial charge in [0.2, 0.25) is 5.91 Å². The van der Waals surface area contributed by atoms with Gasteiger partial charge in [0, 0.05) is 17.8 Å². The Labute approximate surface area is 192 Å². The molecule has 33 heavy (non-hydrogen) atoms. The van der Waals surface area contributed by atoms with Crippen molar-refractivity contribution in [2.24, 2.45) is 5.92 Å². The molecule has 1 aliphatic heterocycles. The van der Waals surface area contributed by atoms with Crippen molar-refractivity contribution in [3.63, 3.8) is 0 Å². The van der Waals surface area contributed by atoms with Crippen molar-refractivity contribution < 1.29 is 23.5 Å². The third-order valence-electron chi connectivity index (χ3n) is 6.56. The Morgan fingerprint density at radius 1 is 1.21 bits per heavy atom. The van der Waals surface area contributed by atoms with Gasteiger partial charge in [-0.2, -0.15) is 5.10 Å². The maximum atomic E-state index is 13.6. The number of amides is 2. The van der Waals surface area contributed by atoms with E-state index in [-0.39, 0.29) is 36.5 Å². The number of benzene rings is 1. The van der Waals surface area contributed by atoms with Crippen LogP contribution in [0.25, 0.3) is 0 Å². The monoisotopic (exact) mass is 456 g/mol. The molecule has 1 aliphatic carbocycles. The molecular weight excluding hydrogens is 427 g/mol. The lowest BCUT2D eigenvalue weighted by Gasteiger charge is -2.44. The number of aromatic nitrogens is 2. The van der Waals surface area contributed by atoms with Crippen LogP contribution in [0, 0.1) is 11.7 Å². The number of fused-ring (bicyclic) bond motifs is 1. The summed E-state index contributed by atoms with van der Waals surface area (Å²) in [5.41, 5.74) is -0.770. The Morgan fingerprint density at radius 3 is 2.52 bits per heavy atom. The first-order valence-electron chi connectivity index (χ1n) is 11.4. The highest BCUT2D eigenvalue weighted by Gasteiger charge is 2.49. The van der Waals surface area contributed by atoms with Crippen LogP contribution in [0.3, 0.4) is 0 Å². The number of hydrogen-bond donors (Lipinski definition) is 1. The Kier molecular flexibility index (Phi) is 6.23. The molecule has 2 heterocycles. The summed E-state index contributed by atoms with van der Waals surface area (Å²) in [7, 11) is 0. The predicted molar refractivity (Wildman–Crippen MR) is 119 cm³/mol. The van der Waals surface area contributed by atoms with Gasteiger partial charge in [0.25, 0.3) is 5.91 Å². The lowest BCUT2D eigenvalue weighted by molar-refractivity contribution is -0.127. The van der Waals surface area contributed by atoms with Crippen LogP contribution in [-0.2, 0) is 16.1 Å². The smallest absolute Gasteiger partial charge is 0.358 e. The van der Waals surface area contributed by atoms with Crippen molar-refractivity contribution in [1.82, 2.24) is 15.1 Å². The molecule has 1 atom stereocenters. The van der Waals surface area contributed by atoms with Gasteiger partial charge in [0.1, 0.15) is 17.1 Å². The van der Waals surface area contributed by atoms with Gasteiger partial charge in [-0.1, -0.05) is 6.92 Å². The standard InChI is InChI=1S/C24H29FN4O4/c1-4-33-22(31)19-13-20-21(30)29(18-11-7-16(25)8-12-18)24(3,14-28(20)27-19)23(32)26-17-9-5-15(2)6-10-17/h7-8,11-13,15,17H,4-6,9-10,14H2,1-3H3,(H,26,32)/t15?,17?,24-/m1/s1. The number of ether oxygens (including phenoxy) is 1. The summed E-state index contributed by atoms with van der Waals surface area (Å²) in [6.45, 7) is 5.78. The second kappa shape index (κ2) is 8.96. The topological polar surface area (TPSA) is 93.5 Å². The Hall–Kier alpha value is -3.23. The van der Waals surface area contributed by atoms with Gasteiger partial charge in [0.05, 0.1) is 13.2 Å². The van der Waals surface area contributed by atoms with Crippen molar-refractivity contribution >= 4 is 23.5 Å². The number of halogens is 1. The molecule has 9 heteroatoms. The molecule has 4 rings (SSSR count). The average Bonchev–Trinajstić information content (AvgIpc) is 3.21. The van der Waals surface area contributed by atoms with Crippen LogP contribution in [0.1, 0.15) is 67.4 Å². The molecule has 0 bridgehead atoms. The molecule has 0 unspecified atom stereocenters. The number of carbonyl (C=O) groups excluding carboxylic acids is 3. The summed E-state index contributed by atoms with van der Waals surface area (Å²) in [5, 5.41) is 7.37. The molecule has 1 saturated carbocycles. The van der Waals surface area contributed by atoms with Crippen LogP contribution in [0.4, 0.5) is 10.1 Å². The van der Waals surface area contributed by atoms with Crippen LogP contribution in [0.15, 0.2) is 30.3 Å². The number of carbonyl (C=O) groups is 3. The number of esters is 1. The molecule has 2 amide bonds. The maximum absolute atomic E-state index is 13.6. The molecule has 176 valence electrons. The number of rotatable bonds is 5. The van der Waals surface area contributed by atoms with Gasteiger partial charge in [-0.15, -0.1) is 0 Å². The van der Waals surface area contributed by atoms with Crippen LogP contribution in [0.5, 0.6) is 0 Å². The molecule has 8 nitrogen and oxygen atoms in total. The molecule has 1 fully saturated rings. The molecule has 0 saturated heterocycles. The van der Waals surface area contributed by atoms with Crippen molar-refractivity contribution in [3.8, 4) is 0 Å². The number of hydrogen-bond acceptors (Lipinski definition) is 5. The van der Waals surface area contributed by atoms with Crippen molar-refractivity contribution in [3.05, 3.63) is 47.5 Å². The summed E-state index contributed by atoms with van der Waals surface area (Å²) in [4.78, 5) is 40.8. The highest BCUT2D eigenvalue weighted by atomic mass is 19.1. The molecular formula is C24H29FN4O4. The van der Waals surface area contributed by atoms with Crippen LogP contribution >= 0.6 is 0 Å². The van der Waals surface area contributed by atoms with E-state index in [4.69, 9.17) is 4.74 Å². The minimum absolute atomic E-state index is 0.00480. The summed E-state index contributed by atoms with van der Waals surface area (Å²) in [5.74, 6) is -1.25. The van der Waals surface area contributed by atoms with E-state index >= 15 is 0 Å². The lowest BCUT2D eigenvalue weighted by Crippen LogP contribution is -2.65. The van der Waals surface area contributed by atoms with E-state index in [2.05, 4.69) is 17.3 Å². The second-order valence-electron chi connectivity index (χ2n) is 9.11. The van der Waals surface area contributed by atoms with E-state index < -0.39 is 23.2 Å². The summed E-state index contributed by atoms with van der Waals surface area (Å²) in [6, 6.07) is 6.85. The fourth-order valence-electron chi connectivity index (χ4n) is 4.63. The second-order valence-corrected chi connectivity index (χ2v) is 9.11. The third-order valence-corrected chi connectivity index (χ3v) is 6.56. The van der Waals surface area contributed by atoms with Crippen LogP contribution in [-0.4, -0.2) is 45.8 Å². The predicted octanol–water partition coefficient (Wildman–Crippen LogP) is 3.31.